The number of nitrogens with zero attached hydrogens (tertiary/aromatic N) is 2. The zero-order valence-electron chi connectivity index (χ0n) is 11.0. The molecule has 2 aliphatic rings. The first kappa shape index (κ1) is 11.9. The van der Waals surface area contributed by atoms with Crippen molar-refractivity contribution in [3.63, 3.8) is 0 Å². The van der Waals surface area contributed by atoms with Gasteiger partial charge in [-0.05, 0) is 35.6 Å². The van der Waals surface area contributed by atoms with Gasteiger partial charge in [-0.2, -0.15) is 4.99 Å². The number of nitrogens with two attached hydrogens (primary N) is 1. The van der Waals surface area contributed by atoms with E-state index >= 15 is 0 Å². The number of rotatable bonds is 3. The second-order valence-corrected chi connectivity index (χ2v) is 6.42. The van der Waals surface area contributed by atoms with E-state index in [2.05, 4.69) is 22.5 Å². The SMILES string of the molecule is NC1=NC(=O)N(CC2CC2)C1c1csc2ccccc12. The lowest BCUT2D eigenvalue weighted by molar-refractivity contribution is 0.204. The molecule has 1 aliphatic heterocycles. The minimum absolute atomic E-state index is 0.181. The van der Waals surface area contributed by atoms with E-state index in [9.17, 15) is 4.79 Å². The Hall–Kier alpha value is -1.88. The molecular weight excluding hydrogens is 270 g/mol. The number of carbonyl (C=O) groups excluding carboxylic acids is 1. The van der Waals surface area contributed by atoms with E-state index in [1.165, 1.54) is 22.9 Å². The van der Waals surface area contributed by atoms with Gasteiger partial charge in [0, 0.05) is 16.8 Å². The Morgan fingerprint density at radius 2 is 2.15 bits per heavy atom. The number of hydrogen-bond donors (Lipinski definition) is 1. The normalized spacial score (nSPS) is 22.6. The highest BCUT2D eigenvalue weighted by molar-refractivity contribution is 7.17. The van der Waals surface area contributed by atoms with E-state index < -0.39 is 0 Å². The van der Waals surface area contributed by atoms with Gasteiger partial charge in [0.15, 0.2) is 0 Å². The number of amidine groups is 1. The summed E-state index contributed by atoms with van der Waals surface area (Å²) in [7, 11) is 0. The number of hydrogen-bond acceptors (Lipinski definition) is 3. The molecule has 2 N–H and O–H groups in total. The molecule has 0 bridgehead atoms. The minimum atomic E-state index is -0.185. The van der Waals surface area contributed by atoms with Crippen molar-refractivity contribution in [3.05, 3.63) is 35.2 Å². The molecule has 1 aromatic heterocycles. The van der Waals surface area contributed by atoms with Gasteiger partial charge in [0.2, 0.25) is 0 Å². The maximum absolute atomic E-state index is 12.1. The zero-order valence-corrected chi connectivity index (χ0v) is 11.8. The Bertz CT molecular complexity index is 717. The van der Waals surface area contributed by atoms with Gasteiger partial charge in [0.25, 0.3) is 0 Å². The average molecular weight is 285 g/mol. The van der Waals surface area contributed by atoms with Gasteiger partial charge in [-0.25, -0.2) is 4.79 Å². The molecule has 2 amide bonds. The van der Waals surface area contributed by atoms with Crippen LogP contribution in [0.1, 0.15) is 24.4 Å². The topological polar surface area (TPSA) is 58.7 Å². The van der Waals surface area contributed by atoms with Crippen LogP contribution >= 0.6 is 11.3 Å². The summed E-state index contributed by atoms with van der Waals surface area (Å²) in [4.78, 5) is 17.9. The van der Waals surface area contributed by atoms with Crippen LogP contribution in [-0.2, 0) is 0 Å². The fraction of sp³-hybridized carbons (Fsp3) is 0.333. The lowest BCUT2D eigenvalue weighted by Gasteiger charge is -2.24. The fourth-order valence-corrected chi connectivity index (χ4v) is 3.79. The van der Waals surface area contributed by atoms with E-state index in [4.69, 9.17) is 5.73 Å². The fourth-order valence-electron chi connectivity index (χ4n) is 2.81. The second kappa shape index (κ2) is 4.31. The molecule has 0 radical (unpaired) electrons. The summed E-state index contributed by atoms with van der Waals surface area (Å²) in [6.07, 6.45) is 2.42. The number of amides is 2. The molecule has 0 spiro atoms. The average Bonchev–Trinajstić information content (AvgIpc) is 3.10. The van der Waals surface area contributed by atoms with Crippen molar-refractivity contribution in [2.24, 2.45) is 16.6 Å². The predicted octanol–water partition coefficient (Wildman–Crippen LogP) is 3.15. The maximum atomic E-state index is 12.1. The van der Waals surface area contributed by atoms with Gasteiger partial charge in [0.1, 0.15) is 11.9 Å². The Morgan fingerprint density at radius 3 is 2.95 bits per heavy atom. The van der Waals surface area contributed by atoms with Crippen LogP contribution in [0.5, 0.6) is 0 Å². The van der Waals surface area contributed by atoms with Crippen molar-refractivity contribution in [2.75, 3.05) is 6.54 Å². The molecule has 2 heterocycles. The van der Waals surface area contributed by atoms with Gasteiger partial charge in [0.05, 0.1) is 0 Å². The Balaban J connectivity index is 1.77. The first-order valence-corrected chi connectivity index (χ1v) is 7.73. The molecule has 1 aromatic carbocycles. The molecule has 0 saturated heterocycles. The van der Waals surface area contributed by atoms with E-state index in [1.54, 1.807) is 11.3 Å². The lowest BCUT2D eigenvalue weighted by Crippen LogP contribution is -2.34. The number of fused-ring (bicyclic) bond motifs is 1. The maximum Gasteiger partial charge on any atom is 0.346 e. The lowest BCUT2D eigenvalue weighted by atomic mass is 10.0. The highest BCUT2D eigenvalue weighted by Crippen LogP contribution is 2.39. The monoisotopic (exact) mass is 285 g/mol. The van der Waals surface area contributed by atoms with E-state index in [-0.39, 0.29) is 12.1 Å². The third-order valence-electron chi connectivity index (χ3n) is 4.02. The smallest absolute Gasteiger partial charge is 0.346 e. The predicted molar refractivity (Wildman–Crippen MR) is 81.0 cm³/mol. The molecule has 1 unspecified atom stereocenters. The number of aliphatic imine (C=N–C) groups is 1. The summed E-state index contributed by atoms with van der Waals surface area (Å²) in [6, 6.07) is 7.87. The van der Waals surface area contributed by atoms with Crippen molar-refractivity contribution in [1.29, 1.82) is 0 Å². The summed E-state index contributed by atoms with van der Waals surface area (Å²) in [5.41, 5.74) is 7.14. The molecule has 1 saturated carbocycles. The van der Waals surface area contributed by atoms with E-state index in [1.807, 2.05) is 17.0 Å². The third-order valence-corrected chi connectivity index (χ3v) is 5.00. The molecule has 1 atom stereocenters. The molecular formula is C15H15N3OS. The molecule has 1 fully saturated rings. The number of carbonyl (C=O) groups is 1. The van der Waals surface area contributed by atoms with Crippen LogP contribution in [0.2, 0.25) is 0 Å². The van der Waals surface area contributed by atoms with Gasteiger partial charge in [-0.1, -0.05) is 18.2 Å². The number of urea groups is 1. The second-order valence-electron chi connectivity index (χ2n) is 5.50. The van der Waals surface area contributed by atoms with Crippen LogP contribution in [-0.4, -0.2) is 23.3 Å². The highest BCUT2D eigenvalue weighted by atomic mass is 32.1. The van der Waals surface area contributed by atoms with Crippen molar-refractivity contribution in [3.8, 4) is 0 Å². The van der Waals surface area contributed by atoms with Crippen molar-refractivity contribution in [1.82, 2.24) is 4.90 Å². The summed E-state index contributed by atoms with van der Waals surface area (Å²) >= 11 is 1.69. The largest absolute Gasteiger partial charge is 0.385 e. The molecule has 2 aromatic rings. The van der Waals surface area contributed by atoms with Crippen LogP contribution in [0.3, 0.4) is 0 Å². The van der Waals surface area contributed by atoms with Gasteiger partial charge in [-0.3, -0.25) is 0 Å². The summed E-state index contributed by atoms with van der Waals surface area (Å²) in [5, 5.41) is 3.28. The Labute approximate surface area is 120 Å². The molecule has 4 nitrogen and oxygen atoms in total. The number of benzene rings is 1. The molecule has 102 valence electrons. The molecule has 4 rings (SSSR count). The van der Waals surface area contributed by atoms with Crippen LogP contribution in [0.4, 0.5) is 4.79 Å². The van der Waals surface area contributed by atoms with Crippen LogP contribution < -0.4 is 5.73 Å². The van der Waals surface area contributed by atoms with Crippen LogP contribution in [0.25, 0.3) is 10.1 Å². The Kier molecular flexibility index (Phi) is 2.57. The summed E-state index contributed by atoms with van der Waals surface area (Å²) in [6.45, 7) is 0.776. The summed E-state index contributed by atoms with van der Waals surface area (Å²) in [5.74, 6) is 1.06. The standard InChI is InChI=1S/C15H15N3OS/c16-14-13(18(15(19)17-14)7-9-5-6-9)11-8-20-12-4-2-1-3-10(11)12/h1-4,8-9,13H,5-7H2,(H2,16,17,19). The van der Waals surface area contributed by atoms with E-state index in [0.717, 1.165) is 12.1 Å². The van der Waals surface area contributed by atoms with Crippen molar-refractivity contribution in [2.45, 2.75) is 18.9 Å². The van der Waals surface area contributed by atoms with Gasteiger partial charge < -0.3 is 10.6 Å². The Morgan fingerprint density at radius 1 is 1.35 bits per heavy atom. The summed E-state index contributed by atoms with van der Waals surface area (Å²) < 4.78 is 1.22. The van der Waals surface area contributed by atoms with Gasteiger partial charge in [-0.15, -0.1) is 11.3 Å². The first-order valence-electron chi connectivity index (χ1n) is 6.85. The molecule has 5 heteroatoms. The van der Waals surface area contributed by atoms with Crippen molar-refractivity contribution < 1.29 is 4.79 Å². The van der Waals surface area contributed by atoms with Gasteiger partial charge >= 0.3 is 6.03 Å². The first-order chi connectivity index (χ1) is 9.74. The third kappa shape index (κ3) is 1.81. The molecule has 20 heavy (non-hydrogen) atoms. The minimum Gasteiger partial charge on any atom is -0.385 e. The van der Waals surface area contributed by atoms with Crippen LogP contribution in [0, 0.1) is 5.92 Å². The van der Waals surface area contributed by atoms with Crippen LogP contribution in [0.15, 0.2) is 34.6 Å². The van der Waals surface area contributed by atoms with E-state index in [0.29, 0.717) is 11.8 Å². The zero-order chi connectivity index (χ0) is 13.7. The number of thiophene rings is 1. The van der Waals surface area contributed by atoms with Crippen molar-refractivity contribution >= 4 is 33.3 Å². The highest BCUT2D eigenvalue weighted by Gasteiger charge is 2.39. The quantitative estimate of drug-likeness (QED) is 0.941. The molecule has 1 aliphatic carbocycles.